The number of H-pyrrole nitrogens is 1. The summed E-state index contributed by atoms with van der Waals surface area (Å²) in [5, 5.41) is 5.10. The van der Waals surface area contributed by atoms with Gasteiger partial charge in [-0.1, -0.05) is 11.6 Å². The van der Waals surface area contributed by atoms with Gasteiger partial charge in [0.05, 0.1) is 5.69 Å². The lowest BCUT2D eigenvalue weighted by Gasteiger charge is -2.09. The Labute approximate surface area is 143 Å². The molecule has 1 aliphatic carbocycles. The predicted molar refractivity (Wildman–Crippen MR) is 91.7 cm³/mol. The van der Waals surface area contributed by atoms with Gasteiger partial charge in [-0.05, 0) is 50.5 Å². The Balaban J connectivity index is 1.86. The molecule has 0 spiro atoms. The second-order valence-electron chi connectivity index (χ2n) is 6.11. The van der Waals surface area contributed by atoms with Crippen molar-refractivity contribution in [3.05, 3.63) is 57.0 Å². The summed E-state index contributed by atoms with van der Waals surface area (Å²) in [7, 11) is 0. The van der Waals surface area contributed by atoms with Gasteiger partial charge in [0.1, 0.15) is 17.2 Å². The van der Waals surface area contributed by atoms with Gasteiger partial charge >= 0.3 is 0 Å². The van der Waals surface area contributed by atoms with Gasteiger partial charge in [0.2, 0.25) is 0 Å². The zero-order valence-corrected chi connectivity index (χ0v) is 14.1. The number of nitrogens with zero attached hydrogens (tertiary/aromatic N) is 4. The smallest absolute Gasteiger partial charge is 0.261 e. The molecule has 7 heteroatoms. The maximum atomic E-state index is 12.5. The first-order valence-electron chi connectivity index (χ1n) is 7.82. The summed E-state index contributed by atoms with van der Waals surface area (Å²) in [6, 6.07) is 5.52. The molecule has 1 fully saturated rings. The number of nitrogens with one attached hydrogen (secondary N) is 1. The molecule has 1 aliphatic rings. The van der Waals surface area contributed by atoms with Crippen molar-refractivity contribution in [1.29, 1.82) is 0 Å². The van der Waals surface area contributed by atoms with Crippen LogP contribution < -0.4 is 5.56 Å². The number of halogens is 1. The predicted octanol–water partition coefficient (Wildman–Crippen LogP) is 3.17. The fourth-order valence-electron chi connectivity index (χ4n) is 2.75. The van der Waals surface area contributed by atoms with Crippen molar-refractivity contribution < 1.29 is 0 Å². The topological polar surface area (TPSA) is 76.5 Å². The van der Waals surface area contributed by atoms with Crippen molar-refractivity contribution in [2.45, 2.75) is 32.6 Å². The van der Waals surface area contributed by atoms with Crippen molar-refractivity contribution in [2.24, 2.45) is 0 Å². The van der Waals surface area contributed by atoms with Crippen LogP contribution in [0.1, 0.15) is 36.0 Å². The Morgan fingerprint density at radius 2 is 2.08 bits per heavy atom. The first-order chi connectivity index (χ1) is 11.5. The minimum atomic E-state index is -0.188. The van der Waals surface area contributed by atoms with Crippen molar-refractivity contribution >= 4 is 11.6 Å². The van der Waals surface area contributed by atoms with Gasteiger partial charge < -0.3 is 4.98 Å². The molecule has 0 radical (unpaired) electrons. The fraction of sp³-hybridized carbons (Fsp3) is 0.294. The van der Waals surface area contributed by atoms with E-state index in [-0.39, 0.29) is 5.56 Å². The van der Waals surface area contributed by atoms with Gasteiger partial charge in [-0.2, -0.15) is 5.10 Å². The van der Waals surface area contributed by atoms with Crippen LogP contribution in [0.15, 0.2) is 29.2 Å². The molecule has 4 rings (SSSR count). The zero-order chi connectivity index (χ0) is 16.8. The van der Waals surface area contributed by atoms with E-state index in [1.807, 2.05) is 19.1 Å². The van der Waals surface area contributed by atoms with Crippen LogP contribution in [-0.2, 0) is 0 Å². The molecular weight excluding hydrogens is 326 g/mol. The summed E-state index contributed by atoms with van der Waals surface area (Å²) in [4.78, 5) is 24.2. The molecule has 3 aromatic rings. The Morgan fingerprint density at radius 1 is 1.29 bits per heavy atom. The highest BCUT2D eigenvalue weighted by Crippen LogP contribution is 2.37. The van der Waals surface area contributed by atoms with Crippen LogP contribution in [0.4, 0.5) is 0 Å². The highest BCUT2D eigenvalue weighted by atomic mass is 35.5. The van der Waals surface area contributed by atoms with Crippen LogP contribution >= 0.6 is 11.6 Å². The standard InChI is InChI=1S/C17H16ClN5O/c1-9-7-12(18)5-6-14(9)23-16(20-10(2)22-23)13-8-19-15(11-3-4-11)21-17(13)24/h5-8,11H,3-4H2,1-2H3,(H,19,21,24). The van der Waals surface area contributed by atoms with E-state index < -0.39 is 0 Å². The molecule has 1 aromatic carbocycles. The average Bonchev–Trinajstić information content (AvgIpc) is 3.31. The van der Waals surface area contributed by atoms with E-state index in [0.717, 1.165) is 29.9 Å². The number of aromatic nitrogens is 5. The minimum Gasteiger partial charge on any atom is -0.310 e. The molecule has 2 aromatic heterocycles. The van der Waals surface area contributed by atoms with Gasteiger partial charge in [-0.15, -0.1) is 0 Å². The lowest BCUT2D eigenvalue weighted by atomic mass is 10.2. The lowest BCUT2D eigenvalue weighted by molar-refractivity contribution is 0.854. The number of benzene rings is 1. The number of rotatable bonds is 3. The van der Waals surface area contributed by atoms with E-state index in [4.69, 9.17) is 11.6 Å². The average molecular weight is 342 g/mol. The summed E-state index contributed by atoms with van der Waals surface area (Å²) in [5.74, 6) is 2.22. The first kappa shape index (κ1) is 15.1. The van der Waals surface area contributed by atoms with Gasteiger partial charge in [0, 0.05) is 17.1 Å². The van der Waals surface area contributed by atoms with Gasteiger partial charge in [-0.25, -0.2) is 14.6 Å². The minimum absolute atomic E-state index is 0.188. The van der Waals surface area contributed by atoms with E-state index in [2.05, 4.69) is 20.1 Å². The van der Waals surface area contributed by atoms with E-state index >= 15 is 0 Å². The Kier molecular flexibility index (Phi) is 3.49. The maximum absolute atomic E-state index is 12.5. The van der Waals surface area contributed by atoms with Crippen LogP contribution in [0.3, 0.4) is 0 Å². The van der Waals surface area contributed by atoms with E-state index in [9.17, 15) is 4.79 Å². The quantitative estimate of drug-likeness (QED) is 0.793. The largest absolute Gasteiger partial charge is 0.310 e. The summed E-state index contributed by atoms with van der Waals surface area (Å²) >= 11 is 6.03. The molecule has 0 amide bonds. The van der Waals surface area contributed by atoms with Crippen LogP contribution in [0, 0.1) is 13.8 Å². The van der Waals surface area contributed by atoms with Crippen molar-refractivity contribution in [2.75, 3.05) is 0 Å². The van der Waals surface area contributed by atoms with E-state index in [0.29, 0.717) is 28.2 Å². The zero-order valence-electron chi connectivity index (χ0n) is 13.4. The van der Waals surface area contributed by atoms with Crippen LogP contribution in [0.5, 0.6) is 0 Å². The van der Waals surface area contributed by atoms with Crippen molar-refractivity contribution in [3.8, 4) is 17.1 Å². The second kappa shape index (κ2) is 5.56. The molecule has 1 N–H and O–H groups in total. The van der Waals surface area contributed by atoms with E-state index in [1.54, 1.807) is 23.9 Å². The second-order valence-corrected chi connectivity index (χ2v) is 6.55. The third-order valence-electron chi connectivity index (χ3n) is 4.12. The molecule has 122 valence electrons. The Bertz CT molecular complexity index is 987. The lowest BCUT2D eigenvalue weighted by Crippen LogP contribution is -2.15. The van der Waals surface area contributed by atoms with Crippen LogP contribution in [0.2, 0.25) is 5.02 Å². The molecule has 0 atom stereocenters. The highest BCUT2D eigenvalue weighted by Gasteiger charge is 2.27. The molecule has 0 saturated heterocycles. The third-order valence-corrected chi connectivity index (χ3v) is 4.36. The van der Waals surface area contributed by atoms with Crippen LogP contribution in [-0.4, -0.2) is 24.7 Å². The summed E-state index contributed by atoms with van der Waals surface area (Å²) in [6.45, 7) is 3.74. The summed E-state index contributed by atoms with van der Waals surface area (Å²) in [6.07, 6.45) is 3.76. The fourth-order valence-corrected chi connectivity index (χ4v) is 2.97. The molecule has 1 saturated carbocycles. The Hall–Kier alpha value is -2.47. The van der Waals surface area contributed by atoms with Crippen LogP contribution in [0.25, 0.3) is 17.1 Å². The SMILES string of the molecule is Cc1nc(-c2cnc(C3CC3)[nH]c2=O)n(-c2ccc(Cl)cc2C)n1. The number of hydrogen-bond donors (Lipinski definition) is 1. The van der Waals surface area contributed by atoms with Gasteiger partial charge in [-0.3, -0.25) is 4.79 Å². The molecule has 0 unspecified atom stereocenters. The molecule has 2 heterocycles. The van der Waals surface area contributed by atoms with E-state index in [1.165, 1.54) is 0 Å². The maximum Gasteiger partial charge on any atom is 0.261 e. The third kappa shape index (κ3) is 2.63. The Morgan fingerprint density at radius 3 is 2.75 bits per heavy atom. The number of hydrogen-bond acceptors (Lipinski definition) is 4. The van der Waals surface area contributed by atoms with Gasteiger partial charge in [0.15, 0.2) is 5.82 Å². The molecular formula is C17H16ClN5O. The molecule has 0 bridgehead atoms. The monoisotopic (exact) mass is 341 g/mol. The normalized spacial score (nSPS) is 14.1. The summed E-state index contributed by atoms with van der Waals surface area (Å²) < 4.78 is 1.67. The molecule has 0 aliphatic heterocycles. The summed E-state index contributed by atoms with van der Waals surface area (Å²) in [5.41, 5.74) is 2.01. The van der Waals surface area contributed by atoms with Crippen molar-refractivity contribution in [3.63, 3.8) is 0 Å². The number of aryl methyl sites for hydroxylation is 2. The van der Waals surface area contributed by atoms with Crippen molar-refractivity contribution in [1.82, 2.24) is 24.7 Å². The molecule has 6 nitrogen and oxygen atoms in total. The van der Waals surface area contributed by atoms with Gasteiger partial charge in [0.25, 0.3) is 5.56 Å². The molecule has 24 heavy (non-hydrogen) atoms. The highest BCUT2D eigenvalue weighted by molar-refractivity contribution is 6.30. The number of aromatic amines is 1. The first-order valence-corrected chi connectivity index (χ1v) is 8.20.